The number of aromatic nitrogens is 1. The molecule has 0 fully saturated rings. The number of rotatable bonds is 6. The third-order valence-electron chi connectivity index (χ3n) is 2.70. The van der Waals surface area contributed by atoms with Crippen molar-refractivity contribution in [1.82, 2.24) is 4.98 Å². The Bertz CT molecular complexity index is 692. The molecular formula is C14H15BrN2O3S. The summed E-state index contributed by atoms with van der Waals surface area (Å²) in [5.74, 6) is 0. The van der Waals surface area contributed by atoms with Crippen LogP contribution in [0.4, 0.5) is 5.69 Å². The Morgan fingerprint density at radius 3 is 2.67 bits per heavy atom. The Balaban J connectivity index is 2.45. The van der Waals surface area contributed by atoms with E-state index < -0.39 is 10.0 Å². The SMILES string of the molecule is CCOCN(c1cccc(Br)c1)S(=O)(=O)c1ccccn1. The fraction of sp³-hybridized carbons (Fsp3) is 0.214. The quantitative estimate of drug-likeness (QED) is 0.733. The summed E-state index contributed by atoms with van der Waals surface area (Å²) in [4.78, 5) is 3.93. The smallest absolute Gasteiger partial charge is 0.283 e. The predicted octanol–water partition coefficient (Wildman–Crippen LogP) is 3.03. The molecule has 7 heteroatoms. The minimum Gasteiger partial charge on any atom is -0.360 e. The van der Waals surface area contributed by atoms with E-state index in [9.17, 15) is 8.42 Å². The van der Waals surface area contributed by atoms with Gasteiger partial charge in [0.25, 0.3) is 10.0 Å². The summed E-state index contributed by atoms with van der Waals surface area (Å²) in [7, 11) is -3.77. The van der Waals surface area contributed by atoms with Crippen LogP contribution >= 0.6 is 15.9 Å². The van der Waals surface area contributed by atoms with Gasteiger partial charge < -0.3 is 4.74 Å². The number of pyridine rings is 1. The Labute approximate surface area is 132 Å². The molecule has 0 amide bonds. The number of halogens is 1. The summed E-state index contributed by atoms with van der Waals surface area (Å²) >= 11 is 3.34. The number of sulfonamides is 1. The molecule has 0 N–H and O–H groups in total. The van der Waals surface area contributed by atoms with E-state index >= 15 is 0 Å². The molecule has 0 spiro atoms. The second-order valence-corrected chi connectivity index (χ2v) is 6.85. The average Bonchev–Trinajstić information content (AvgIpc) is 2.48. The van der Waals surface area contributed by atoms with Crippen molar-refractivity contribution >= 4 is 31.6 Å². The standard InChI is InChI=1S/C14H15BrN2O3S/c1-2-20-11-17(13-7-5-6-12(15)10-13)21(18,19)14-8-3-4-9-16-14/h3-10H,2,11H2,1H3. The van der Waals surface area contributed by atoms with Crippen molar-refractivity contribution in [3.8, 4) is 0 Å². The van der Waals surface area contributed by atoms with Gasteiger partial charge in [-0.1, -0.05) is 28.1 Å². The van der Waals surface area contributed by atoms with Crippen LogP contribution in [0.2, 0.25) is 0 Å². The molecule has 0 bridgehead atoms. The molecule has 21 heavy (non-hydrogen) atoms. The zero-order chi connectivity index (χ0) is 15.3. The number of anilines is 1. The van der Waals surface area contributed by atoms with Crippen molar-refractivity contribution in [2.45, 2.75) is 11.9 Å². The van der Waals surface area contributed by atoms with E-state index in [4.69, 9.17) is 4.74 Å². The molecule has 0 saturated heterocycles. The van der Waals surface area contributed by atoms with Crippen LogP contribution in [-0.4, -0.2) is 26.7 Å². The molecule has 0 aliphatic carbocycles. The summed E-state index contributed by atoms with van der Waals surface area (Å²) in [5, 5.41) is -0.00956. The molecule has 1 aromatic carbocycles. The van der Waals surface area contributed by atoms with Crippen LogP contribution in [0.3, 0.4) is 0 Å². The van der Waals surface area contributed by atoms with Crippen molar-refractivity contribution in [1.29, 1.82) is 0 Å². The van der Waals surface area contributed by atoms with Gasteiger partial charge in [-0.2, -0.15) is 8.42 Å². The van der Waals surface area contributed by atoms with Crippen molar-refractivity contribution in [2.24, 2.45) is 0 Å². The van der Waals surface area contributed by atoms with Gasteiger partial charge in [-0.25, -0.2) is 9.29 Å². The molecule has 1 aromatic heterocycles. The molecule has 0 aliphatic heterocycles. The number of hydrogen-bond acceptors (Lipinski definition) is 4. The number of hydrogen-bond donors (Lipinski definition) is 0. The van der Waals surface area contributed by atoms with Crippen LogP contribution in [0.1, 0.15) is 6.92 Å². The normalized spacial score (nSPS) is 11.3. The first-order valence-corrected chi connectivity index (χ1v) is 8.56. The van der Waals surface area contributed by atoms with Crippen LogP contribution in [-0.2, 0) is 14.8 Å². The highest BCUT2D eigenvalue weighted by Gasteiger charge is 2.26. The second-order valence-electron chi connectivity index (χ2n) is 4.12. The van der Waals surface area contributed by atoms with Crippen molar-refractivity contribution in [2.75, 3.05) is 17.6 Å². The number of benzene rings is 1. The lowest BCUT2D eigenvalue weighted by atomic mass is 10.3. The molecule has 0 atom stereocenters. The Kier molecular flexibility index (Phi) is 5.33. The molecule has 2 aromatic rings. The highest BCUT2D eigenvalue weighted by molar-refractivity contribution is 9.10. The predicted molar refractivity (Wildman–Crippen MR) is 84.5 cm³/mol. The largest absolute Gasteiger partial charge is 0.360 e. The lowest BCUT2D eigenvalue weighted by Gasteiger charge is -2.23. The second kappa shape index (κ2) is 7.02. The van der Waals surface area contributed by atoms with Crippen molar-refractivity contribution in [3.05, 3.63) is 53.1 Å². The van der Waals surface area contributed by atoms with Crippen LogP contribution in [0.25, 0.3) is 0 Å². The Hall–Kier alpha value is -1.44. The third kappa shape index (κ3) is 3.81. The van der Waals surface area contributed by atoms with Crippen LogP contribution in [0.5, 0.6) is 0 Å². The highest BCUT2D eigenvalue weighted by atomic mass is 79.9. The van der Waals surface area contributed by atoms with E-state index in [2.05, 4.69) is 20.9 Å². The minimum atomic E-state index is -3.77. The van der Waals surface area contributed by atoms with Crippen LogP contribution < -0.4 is 4.31 Å². The monoisotopic (exact) mass is 370 g/mol. The molecule has 0 aliphatic rings. The number of ether oxygens (including phenoxy) is 1. The van der Waals surface area contributed by atoms with Crippen LogP contribution in [0, 0.1) is 0 Å². The molecule has 5 nitrogen and oxygen atoms in total. The first kappa shape index (κ1) is 15.9. The zero-order valence-corrected chi connectivity index (χ0v) is 13.8. The van der Waals surface area contributed by atoms with Crippen LogP contribution in [0.15, 0.2) is 58.2 Å². The van der Waals surface area contributed by atoms with E-state index in [0.29, 0.717) is 12.3 Å². The van der Waals surface area contributed by atoms with E-state index in [1.165, 1.54) is 16.6 Å². The van der Waals surface area contributed by atoms with Gasteiger partial charge in [0.2, 0.25) is 0 Å². The van der Waals surface area contributed by atoms with Gasteiger partial charge in [0.1, 0.15) is 6.73 Å². The molecule has 1 heterocycles. The van der Waals surface area contributed by atoms with Gasteiger partial charge >= 0.3 is 0 Å². The van der Waals surface area contributed by atoms with Gasteiger partial charge in [-0.05, 0) is 37.3 Å². The molecule has 112 valence electrons. The van der Waals surface area contributed by atoms with E-state index in [0.717, 1.165) is 4.47 Å². The maximum atomic E-state index is 12.7. The van der Waals surface area contributed by atoms with Crippen molar-refractivity contribution in [3.63, 3.8) is 0 Å². The van der Waals surface area contributed by atoms with Gasteiger partial charge in [-0.15, -0.1) is 0 Å². The lowest BCUT2D eigenvalue weighted by molar-refractivity contribution is 0.157. The maximum absolute atomic E-state index is 12.7. The van der Waals surface area contributed by atoms with E-state index in [-0.39, 0.29) is 11.8 Å². The molecule has 0 saturated carbocycles. The fourth-order valence-electron chi connectivity index (χ4n) is 1.70. The molecule has 2 rings (SSSR count). The van der Waals surface area contributed by atoms with E-state index in [1.54, 1.807) is 30.3 Å². The topological polar surface area (TPSA) is 59.5 Å². The van der Waals surface area contributed by atoms with Gasteiger partial charge in [0, 0.05) is 17.3 Å². The van der Waals surface area contributed by atoms with Gasteiger partial charge in [0.05, 0.1) is 5.69 Å². The Morgan fingerprint density at radius 2 is 2.05 bits per heavy atom. The highest BCUT2D eigenvalue weighted by Crippen LogP contribution is 2.25. The molecule has 0 radical (unpaired) electrons. The summed E-state index contributed by atoms with van der Waals surface area (Å²) in [6.45, 7) is 2.17. The fourth-order valence-corrected chi connectivity index (χ4v) is 3.36. The first-order chi connectivity index (χ1) is 10.1. The summed E-state index contributed by atoms with van der Waals surface area (Å²) in [6, 6.07) is 11.8. The maximum Gasteiger partial charge on any atom is 0.283 e. The summed E-state index contributed by atoms with van der Waals surface area (Å²) < 4.78 is 32.7. The molecule has 0 unspecified atom stereocenters. The summed E-state index contributed by atoms with van der Waals surface area (Å²) in [5.41, 5.74) is 0.517. The zero-order valence-electron chi connectivity index (χ0n) is 11.4. The number of nitrogens with zero attached hydrogens (tertiary/aromatic N) is 2. The Morgan fingerprint density at radius 1 is 1.24 bits per heavy atom. The minimum absolute atomic E-state index is 0.00956. The van der Waals surface area contributed by atoms with Gasteiger partial charge in [-0.3, -0.25) is 0 Å². The first-order valence-electron chi connectivity index (χ1n) is 6.33. The van der Waals surface area contributed by atoms with E-state index in [1.807, 2.05) is 13.0 Å². The molecular weight excluding hydrogens is 356 g/mol. The average molecular weight is 371 g/mol. The lowest BCUT2D eigenvalue weighted by Crippen LogP contribution is -2.33. The summed E-state index contributed by atoms with van der Waals surface area (Å²) in [6.07, 6.45) is 1.45. The third-order valence-corrected chi connectivity index (χ3v) is 4.86. The van der Waals surface area contributed by atoms with Crippen molar-refractivity contribution < 1.29 is 13.2 Å². The van der Waals surface area contributed by atoms with Gasteiger partial charge in [0.15, 0.2) is 5.03 Å².